The zero-order valence-corrected chi connectivity index (χ0v) is 10.1. The lowest BCUT2D eigenvalue weighted by Crippen LogP contribution is -2.48. The Bertz CT molecular complexity index is 494. The van der Waals surface area contributed by atoms with Gasteiger partial charge in [0.25, 0.3) is 0 Å². The third kappa shape index (κ3) is 1.77. The van der Waals surface area contributed by atoms with Crippen molar-refractivity contribution < 1.29 is 15.0 Å². The summed E-state index contributed by atoms with van der Waals surface area (Å²) in [6.45, 7) is 0. The van der Waals surface area contributed by atoms with Gasteiger partial charge in [0.2, 0.25) is 0 Å². The van der Waals surface area contributed by atoms with Crippen molar-refractivity contribution >= 4 is 5.78 Å². The summed E-state index contributed by atoms with van der Waals surface area (Å²) in [5, 5.41) is 22.6. The third-order valence-electron chi connectivity index (χ3n) is 4.07. The summed E-state index contributed by atoms with van der Waals surface area (Å²) >= 11 is 0. The minimum Gasteiger partial charge on any atom is -0.504 e. The maximum atomic E-state index is 12.3. The Hall–Kier alpha value is -1.55. The van der Waals surface area contributed by atoms with Crippen LogP contribution in [0.15, 0.2) is 12.1 Å². The Morgan fingerprint density at radius 2 is 1.94 bits per heavy atom. The highest BCUT2D eigenvalue weighted by molar-refractivity contribution is 6.03. The number of hydrogen-bond donors (Lipinski definition) is 3. The molecule has 1 unspecified atom stereocenters. The largest absolute Gasteiger partial charge is 0.504 e. The van der Waals surface area contributed by atoms with E-state index in [1.165, 1.54) is 12.5 Å². The second kappa shape index (κ2) is 4.28. The first-order chi connectivity index (χ1) is 8.66. The third-order valence-corrected chi connectivity index (χ3v) is 4.07. The van der Waals surface area contributed by atoms with E-state index >= 15 is 0 Å². The van der Waals surface area contributed by atoms with Gasteiger partial charge in [0, 0.05) is 17.2 Å². The highest BCUT2D eigenvalue weighted by Gasteiger charge is 2.32. The fourth-order valence-electron chi connectivity index (χ4n) is 2.73. The molecule has 0 saturated heterocycles. The van der Waals surface area contributed by atoms with Crippen molar-refractivity contribution in [1.29, 1.82) is 0 Å². The Labute approximate surface area is 106 Å². The number of nitrogens with one attached hydrogen (secondary N) is 1. The van der Waals surface area contributed by atoms with E-state index in [4.69, 9.17) is 0 Å². The van der Waals surface area contributed by atoms with E-state index in [1.807, 2.05) is 0 Å². The van der Waals surface area contributed by atoms with Gasteiger partial charge in [-0.1, -0.05) is 6.42 Å². The monoisotopic (exact) mass is 247 g/mol. The topological polar surface area (TPSA) is 69.6 Å². The molecule has 4 heteroatoms. The molecule has 0 spiro atoms. The zero-order valence-electron chi connectivity index (χ0n) is 10.1. The number of rotatable bonds is 2. The maximum absolute atomic E-state index is 12.3. The fourth-order valence-corrected chi connectivity index (χ4v) is 2.73. The average Bonchev–Trinajstić information content (AvgIpc) is 2.31. The molecule has 0 radical (unpaired) electrons. The highest BCUT2D eigenvalue weighted by Crippen LogP contribution is 2.36. The summed E-state index contributed by atoms with van der Waals surface area (Å²) in [4.78, 5) is 12.3. The van der Waals surface area contributed by atoms with Gasteiger partial charge in [-0.2, -0.15) is 0 Å². The van der Waals surface area contributed by atoms with Crippen LogP contribution in [0.5, 0.6) is 11.5 Å². The Morgan fingerprint density at radius 1 is 1.17 bits per heavy atom. The van der Waals surface area contributed by atoms with Crippen LogP contribution in [0, 0.1) is 0 Å². The Kier molecular flexibility index (Phi) is 2.74. The van der Waals surface area contributed by atoms with Gasteiger partial charge in [-0.05, 0) is 37.8 Å². The van der Waals surface area contributed by atoms with Crippen LogP contribution in [-0.2, 0) is 6.42 Å². The second-order valence-corrected chi connectivity index (χ2v) is 5.21. The molecule has 1 saturated carbocycles. The standard InChI is InChI=1S/C14H17NO3/c16-12-7-5-9-10(14(12)18)4-6-11(13(9)17)15-8-2-1-3-8/h5,7-8,11,15-16,18H,1-4,6H2. The molecule has 96 valence electrons. The smallest absolute Gasteiger partial charge is 0.180 e. The van der Waals surface area contributed by atoms with Crippen LogP contribution in [0.3, 0.4) is 0 Å². The van der Waals surface area contributed by atoms with Crippen molar-refractivity contribution in [3.63, 3.8) is 0 Å². The molecule has 3 N–H and O–H groups in total. The van der Waals surface area contributed by atoms with Crippen molar-refractivity contribution in [2.24, 2.45) is 0 Å². The van der Waals surface area contributed by atoms with Crippen molar-refractivity contribution in [3.05, 3.63) is 23.3 Å². The molecule has 1 aromatic carbocycles. The number of benzene rings is 1. The molecule has 2 aliphatic rings. The fraction of sp³-hybridized carbons (Fsp3) is 0.500. The molecule has 0 aliphatic heterocycles. The lowest BCUT2D eigenvalue weighted by molar-refractivity contribution is 0.0908. The average molecular weight is 247 g/mol. The molecule has 2 aliphatic carbocycles. The van der Waals surface area contributed by atoms with E-state index in [0.717, 1.165) is 12.8 Å². The van der Waals surface area contributed by atoms with Crippen molar-refractivity contribution in [3.8, 4) is 11.5 Å². The zero-order chi connectivity index (χ0) is 12.7. The van der Waals surface area contributed by atoms with Gasteiger partial charge in [-0.15, -0.1) is 0 Å². The van der Waals surface area contributed by atoms with E-state index in [1.54, 1.807) is 6.07 Å². The number of hydrogen-bond acceptors (Lipinski definition) is 4. The number of aromatic hydroxyl groups is 2. The van der Waals surface area contributed by atoms with Gasteiger partial charge in [-0.3, -0.25) is 4.79 Å². The van der Waals surface area contributed by atoms with Crippen LogP contribution >= 0.6 is 0 Å². The van der Waals surface area contributed by atoms with Gasteiger partial charge >= 0.3 is 0 Å². The van der Waals surface area contributed by atoms with Crippen molar-refractivity contribution in [1.82, 2.24) is 5.32 Å². The quantitative estimate of drug-likeness (QED) is 0.696. The Balaban J connectivity index is 1.85. The summed E-state index contributed by atoms with van der Waals surface area (Å²) < 4.78 is 0. The van der Waals surface area contributed by atoms with E-state index in [0.29, 0.717) is 30.0 Å². The molecular weight excluding hydrogens is 230 g/mol. The first-order valence-corrected chi connectivity index (χ1v) is 6.51. The summed E-state index contributed by atoms with van der Waals surface area (Å²) in [5.74, 6) is -0.242. The van der Waals surface area contributed by atoms with E-state index in [9.17, 15) is 15.0 Å². The number of phenolic OH excluding ortho intramolecular Hbond substituents is 2. The SMILES string of the molecule is O=C1c2ccc(O)c(O)c2CCC1NC1CCC1. The molecule has 4 nitrogen and oxygen atoms in total. The van der Waals surface area contributed by atoms with Gasteiger partial charge in [0.05, 0.1) is 6.04 Å². The summed E-state index contributed by atoms with van der Waals surface area (Å²) in [7, 11) is 0. The number of carbonyl (C=O) groups is 1. The van der Waals surface area contributed by atoms with Gasteiger partial charge in [-0.25, -0.2) is 0 Å². The molecule has 18 heavy (non-hydrogen) atoms. The number of Topliss-reactive ketones (excluding diaryl/α,β-unsaturated/α-hetero) is 1. The van der Waals surface area contributed by atoms with Crippen LogP contribution in [0.4, 0.5) is 0 Å². The molecule has 3 rings (SSSR count). The predicted octanol–water partition coefficient (Wildman–Crippen LogP) is 1.74. The number of phenols is 2. The second-order valence-electron chi connectivity index (χ2n) is 5.21. The van der Waals surface area contributed by atoms with E-state index < -0.39 is 0 Å². The van der Waals surface area contributed by atoms with Crippen LogP contribution in [0.1, 0.15) is 41.6 Å². The van der Waals surface area contributed by atoms with E-state index in [2.05, 4.69) is 5.32 Å². The van der Waals surface area contributed by atoms with Crippen LogP contribution in [-0.4, -0.2) is 28.1 Å². The molecule has 1 atom stereocenters. The summed E-state index contributed by atoms with van der Waals surface area (Å²) in [5.41, 5.74) is 1.14. The maximum Gasteiger partial charge on any atom is 0.180 e. The molecule has 0 amide bonds. The normalized spacial score (nSPS) is 23.6. The lowest BCUT2D eigenvalue weighted by atomic mass is 9.84. The highest BCUT2D eigenvalue weighted by atomic mass is 16.3. The van der Waals surface area contributed by atoms with Gasteiger partial charge in [0.1, 0.15) is 0 Å². The minimum atomic E-state index is -0.146. The van der Waals surface area contributed by atoms with Crippen LogP contribution in [0.25, 0.3) is 0 Å². The summed E-state index contributed by atoms with van der Waals surface area (Å²) in [6.07, 6.45) is 4.86. The van der Waals surface area contributed by atoms with Crippen LogP contribution < -0.4 is 5.32 Å². The molecule has 1 fully saturated rings. The first kappa shape index (κ1) is 11.5. The number of carbonyl (C=O) groups excluding carboxylic acids is 1. The minimum absolute atomic E-state index is 0.0402. The number of ketones is 1. The van der Waals surface area contributed by atoms with Gasteiger partial charge < -0.3 is 15.5 Å². The van der Waals surface area contributed by atoms with Gasteiger partial charge in [0.15, 0.2) is 17.3 Å². The van der Waals surface area contributed by atoms with Crippen LogP contribution in [0.2, 0.25) is 0 Å². The lowest BCUT2D eigenvalue weighted by Gasteiger charge is -2.33. The molecule has 1 aromatic rings. The predicted molar refractivity (Wildman–Crippen MR) is 67.0 cm³/mol. The van der Waals surface area contributed by atoms with E-state index in [-0.39, 0.29) is 23.3 Å². The number of fused-ring (bicyclic) bond motifs is 1. The van der Waals surface area contributed by atoms with Crippen molar-refractivity contribution in [2.45, 2.75) is 44.2 Å². The Morgan fingerprint density at radius 3 is 2.61 bits per heavy atom. The molecule has 0 heterocycles. The van der Waals surface area contributed by atoms with Crippen molar-refractivity contribution in [2.75, 3.05) is 0 Å². The molecular formula is C14H17NO3. The first-order valence-electron chi connectivity index (χ1n) is 6.51. The summed E-state index contributed by atoms with van der Waals surface area (Å²) in [6, 6.07) is 3.34. The molecule has 0 aromatic heterocycles. The molecule has 0 bridgehead atoms.